The Labute approximate surface area is 199 Å². The summed E-state index contributed by atoms with van der Waals surface area (Å²) in [6.07, 6.45) is 1.48. The van der Waals surface area contributed by atoms with E-state index in [-0.39, 0.29) is 4.90 Å². The van der Waals surface area contributed by atoms with Gasteiger partial charge >= 0.3 is 0 Å². The third-order valence-corrected chi connectivity index (χ3v) is 8.26. The SMILES string of the molecule is CCCN(CCC)S(=O)(=O)c1ccc(C(=O)N=c2sc3cccc(C)c3n2CCOC)cc1. The quantitative estimate of drug-likeness (QED) is 0.427. The normalized spacial score (nSPS) is 12.7. The van der Waals surface area contributed by atoms with Gasteiger partial charge in [-0.15, -0.1) is 0 Å². The van der Waals surface area contributed by atoms with Crippen LogP contribution < -0.4 is 4.80 Å². The second-order valence-electron chi connectivity index (χ2n) is 7.80. The van der Waals surface area contributed by atoms with E-state index in [1.54, 1.807) is 7.11 Å². The zero-order valence-corrected chi connectivity index (χ0v) is 21.2. The highest BCUT2D eigenvalue weighted by Crippen LogP contribution is 2.21. The molecule has 0 bridgehead atoms. The minimum Gasteiger partial charge on any atom is -0.383 e. The maximum Gasteiger partial charge on any atom is 0.279 e. The van der Waals surface area contributed by atoms with Crippen molar-refractivity contribution in [2.45, 2.75) is 45.1 Å². The van der Waals surface area contributed by atoms with Gasteiger partial charge in [-0.25, -0.2) is 8.42 Å². The average Bonchev–Trinajstić information content (AvgIpc) is 3.15. The molecule has 0 aliphatic heterocycles. The number of sulfonamides is 1. The molecule has 0 saturated heterocycles. The van der Waals surface area contributed by atoms with Crippen LogP contribution in [-0.4, -0.2) is 50.0 Å². The van der Waals surface area contributed by atoms with Gasteiger partial charge in [-0.1, -0.05) is 37.3 Å². The Bertz CT molecular complexity index is 1270. The lowest BCUT2D eigenvalue weighted by atomic mass is 10.2. The molecule has 0 atom stereocenters. The van der Waals surface area contributed by atoms with Crippen molar-refractivity contribution in [3.05, 3.63) is 58.4 Å². The largest absolute Gasteiger partial charge is 0.383 e. The van der Waals surface area contributed by atoms with Crippen LogP contribution in [0.5, 0.6) is 0 Å². The average molecular weight is 490 g/mol. The van der Waals surface area contributed by atoms with Gasteiger partial charge in [0.05, 0.1) is 21.7 Å². The van der Waals surface area contributed by atoms with Crippen LogP contribution in [0.15, 0.2) is 52.4 Å². The first-order valence-corrected chi connectivity index (χ1v) is 13.4. The van der Waals surface area contributed by atoms with Crippen LogP contribution in [0.25, 0.3) is 10.2 Å². The number of aromatic nitrogens is 1. The first-order chi connectivity index (χ1) is 15.8. The molecule has 1 aromatic heterocycles. The van der Waals surface area contributed by atoms with E-state index < -0.39 is 15.9 Å². The number of ether oxygens (including phenoxy) is 1. The van der Waals surface area contributed by atoms with Gasteiger partial charge < -0.3 is 9.30 Å². The molecule has 3 aromatic rings. The molecular weight excluding hydrogens is 458 g/mol. The van der Waals surface area contributed by atoms with Crippen molar-refractivity contribution in [2.24, 2.45) is 4.99 Å². The fourth-order valence-corrected chi connectivity index (χ4v) is 6.46. The number of nitrogens with zero attached hydrogens (tertiary/aromatic N) is 3. The highest BCUT2D eigenvalue weighted by atomic mass is 32.2. The third-order valence-electron chi connectivity index (χ3n) is 5.30. The van der Waals surface area contributed by atoms with Crippen molar-refractivity contribution in [1.29, 1.82) is 0 Å². The molecular formula is C24H31N3O4S2. The zero-order valence-electron chi connectivity index (χ0n) is 19.6. The van der Waals surface area contributed by atoms with Gasteiger partial charge in [-0.05, 0) is 55.7 Å². The number of amides is 1. The molecule has 33 heavy (non-hydrogen) atoms. The van der Waals surface area contributed by atoms with Crippen LogP contribution in [0.2, 0.25) is 0 Å². The molecule has 0 aliphatic carbocycles. The zero-order chi connectivity index (χ0) is 24.0. The molecule has 0 fully saturated rings. The van der Waals surface area contributed by atoms with Crippen molar-refractivity contribution in [1.82, 2.24) is 8.87 Å². The van der Waals surface area contributed by atoms with Crippen molar-refractivity contribution in [3.8, 4) is 0 Å². The molecule has 0 N–H and O–H groups in total. The van der Waals surface area contributed by atoms with Gasteiger partial charge in [0.15, 0.2) is 4.80 Å². The summed E-state index contributed by atoms with van der Waals surface area (Å²) in [5.41, 5.74) is 2.49. The van der Waals surface area contributed by atoms with E-state index in [0.717, 1.165) is 28.6 Å². The molecule has 0 spiro atoms. The van der Waals surface area contributed by atoms with Crippen LogP contribution in [0.3, 0.4) is 0 Å². The Morgan fingerprint density at radius 3 is 2.36 bits per heavy atom. The Morgan fingerprint density at radius 2 is 1.76 bits per heavy atom. The Balaban J connectivity index is 1.95. The smallest absolute Gasteiger partial charge is 0.279 e. The highest BCUT2D eigenvalue weighted by Gasteiger charge is 2.23. The van der Waals surface area contributed by atoms with Crippen LogP contribution in [0.1, 0.15) is 42.6 Å². The Kier molecular flexibility index (Phi) is 8.58. The van der Waals surface area contributed by atoms with E-state index in [4.69, 9.17) is 4.74 Å². The fourth-order valence-electron chi connectivity index (χ4n) is 3.70. The van der Waals surface area contributed by atoms with Crippen LogP contribution in [-0.2, 0) is 21.3 Å². The van der Waals surface area contributed by atoms with E-state index in [0.29, 0.717) is 36.6 Å². The number of hydrogen-bond donors (Lipinski definition) is 0. The second-order valence-corrected chi connectivity index (χ2v) is 10.7. The molecule has 1 heterocycles. The molecule has 7 nitrogen and oxygen atoms in total. The Hall–Kier alpha value is -2.33. The van der Waals surface area contributed by atoms with Gasteiger partial charge in [0.25, 0.3) is 5.91 Å². The number of carbonyl (C=O) groups excluding carboxylic acids is 1. The summed E-state index contributed by atoms with van der Waals surface area (Å²) in [5, 5.41) is 0. The van der Waals surface area contributed by atoms with E-state index in [1.165, 1.54) is 39.9 Å². The summed E-state index contributed by atoms with van der Waals surface area (Å²) >= 11 is 1.45. The summed E-state index contributed by atoms with van der Waals surface area (Å²) in [6.45, 7) is 7.96. The van der Waals surface area contributed by atoms with E-state index in [2.05, 4.69) is 4.99 Å². The van der Waals surface area contributed by atoms with Gasteiger partial charge in [0.1, 0.15) is 0 Å². The van der Waals surface area contributed by atoms with Crippen molar-refractivity contribution in [3.63, 3.8) is 0 Å². The minimum absolute atomic E-state index is 0.189. The lowest BCUT2D eigenvalue weighted by Gasteiger charge is -2.21. The Morgan fingerprint density at radius 1 is 1.09 bits per heavy atom. The maximum absolute atomic E-state index is 13.0. The van der Waals surface area contributed by atoms with Crippen LogP contribution in [0.4, 0.5) is 0 Å². The summed E-state index contributed by atoms with van der Waals surface area (Å²) < 4.78 is 35.7. The number of hydrogen-bond acceptors (Lipinski definition) is 5. The number of aryl methyl sites for hydroxylation is 1. The number of rotatable bonds is 10. The molecule has 3 rings (SSSR count). The summed E-state index contributed by atoms with van der Waals surface area (Å²) in [6, 6.07) is 12.1. The second kappa shape index (κ2) is 11.2. The number of methoxy groups -OCH3 is 1. The number of carbonyl (C=O) groups is 1. The lowest BCUT2D eigenvalue weighted by Crippen LogP contribution is -2.32. The molecule has 2 aromatic carbocycles. The van der Waals surface area contributed by atoms with Crippen molar-refractivity contribution in [2.75, 3.05) is 26.8 Å². The first kappa shape index (κ1) is 25.3. The third kappa shape index (κ3) is 5.60. The lowest BCUT2D eigenvalue weighted by molar-refractivity contribution is 0.0997. The van der Waals surface area contributed by atoms with Gasteiger partial charge in [0, 0.05) is 32.3 Å². The van der Waals surface area contributed by atoms with Gasteiger partial charge in [-0.2, -0.15) is 9.30 Å². The van der Waals surface area contributed by atoms with Crippen LogP contribution >= 0.6 is 11.3 Å². The predicted molar refractivity (Wildman–Crippen MR) is 132 cm³/mol. The molecule has 9 heteroatoms. The van der Waals surface area contributed by atoms with E-state index >= 15 is 0 Å². The monoisotopic (exact) mass is 489 g/mol. The fraction of sp³-hybridized carbons (Fsp3) is 0.417. The summed E-state index contributed by atoms with van der Waals surface area (Å²) in [5.74, 6) is -0.409. The van der Waals surface area contributed by atoms with E-state index in [1.807, 2.05) is 43.5 Å². The van der Waals surface area contributed by atoms with E-state index in [9.17, 15) is 13.2 Å². The molecule has 0 unspecified atom stereocenters. The summed E-state index contributed by atoms with van der Waals surface area (Å²) in [7, 11) is -1.95. The summed E-state index contributed by atoms with van der Waals surface area (Å²) in [4.78, 5) is 18.1. The van der Waals surface area contributed by atoms with Crippen LogP contribution in [0, 0.1) is 6.92 Å². The molecule has 178 valence electrons. The standard InChI is InChI=1S/C24H31N3O4S2/c1-5-14-26(15-6-2)33(29,30)20-12-10-19(11-13-20)23(28)25-24-27(16-17-31-4)22-18(3)8-7-9-21(22)32-24/h7-13H,5-6,14-17H2,1-4H3. The molecule has 1 amide bonds. The maximum atomic E-state index is 13.0. The first-order valence-electron chi connectivity index (χ1n) is 11.1. The number of thiazole rings is 1. The predicted octanol–water partition coefficient (Wildman–Crippen LogP) is 4.21. The number of para-hydroxylation sites is 1. The van der Waals surface area contributed by atoms with Gasteiger partial charge in [-0.3, -0.25) is 4.79 Å². The van der Waals surface area contributed by atoms with Crippen molar-refractivity contribution >= 4 is 37.5 Å². The van der Waals surface area contributed by atoms with Gasteiger partial charge in [0.2, 0.25) is 10.0 Å². The van der Waals surface area contributed by atoms with Crippen molar-refractivity contribution < 1.29 is 17.9 Å². The number of fused-ring (bicyclic) bond motifs is 1. The topological polar surface area (TPSA) is 81.0 Å². The highest BCUT2D eigenvalue weighted by molar-refractivity contribution is 7.89. The minimum atomic E-state index is -3.59. The molecule has 0 radical (unpaired) electrons. The molecule has 0 saturated carbocycles. The number of benzene rings is 2. The molecule has 0 aliphatic rings.